The molecule has 0 aliphatic rings. The molecule has 5 heteroatoms. The number of hydrogen-bond acceptors (Lipinski definition) is 2. The van der Waals surface area contributed by atoms with Crippen LogP contribution < -0.4 is 5.32 Å². The summed E-state index contributed by atoms with van der Waals surface area (Å²) in [7, 11) is 0. The lowest BCUT2D eigenvalue weighted by Gasteiger charge is -2.29. The highest BCUT2D eigenvalue weighted by Crippen LogP contribution is 2.28. The summed E-state index contributed by atoms with van der Waals surface area (Å²) < 4.78 is 13.8. The van der Waals surface area contributed by atoms with E-state index in [1.54, 1.807) is 50.2 Å². The molecule has 0 spiro atoms. The molecule has 2 rings (SSSR count). The average molecular weight is 329 g/mol. The number of aryl methyl sites for hydroxylation is 1. The highest BCUT2D eigenvalue weighted by Gasteiger charge is 2.39. The fourth-order valence-electron chi connectivity index (χ4n) is 2.68. The molecular formula is C19H20FNO3. The Bertz CT molecular complexity index is 746. The van der Waals surface area contributed by atoms with Gasteiger partial charge in [-0.3, -0.25) is 9.59 Å². The van der Waals surface area contributed by atoms with E-state index in [1.807, 2.05) is 0 Å². The first-order chi connectivity index (χ1) is 11.4. The summed E-state index contributed by atoms with van der Waals surface area (Å²) in [6.07, 6.45) is 0.295. The number of carbonyl (C=O) groups excluding carboxylic acids is 1. The van der Waals surface area contributed by atoms with Crippen molar-refractivity contribution < 1.29 is 19.1 Å². The topological polar surface area (TPSA) is 66.4 Å². The van der Waals surface area contributed by atoms with E-state index in [1.165, 1.54) is 12.1 Å². The normalized spacial score (nSPS) is 13.1. The van der Waals surface area contributed by atoms with Crippen LogP contribution in [0.15, 0.2) is 48.5 Å². The Morgan fingerprint density at radius 2 is 1.83 bits per heavy atom. The Kier molecular flexibility index (Phi) is 5.34. The van der Waals surface area contributed by atoms with Gasteiger partial charge >= 0.3 is 5.97 Å². The standard InChI is InChI=1S/C19H20FNO3/c1-3-19(18(23)24,14-7-5-4-6-8-14)12-21-17(22)15-11-13(2)9-10-16(15)20/h4-11H,3,12H2,1-2H3,(H,21,22)(H,23,24). The van der Waals surface area contributed by atoms with Crippen LogP contribution >= 0.6 is 0 Å². The first-order valence-corrected chi connectivity index (χ1v) is 7.74. The smallest absolute Gasteiger partial charge is 0.315 e. The summed E-state index contributed by atoms with van der Waals surface area (Å²) >= 11 is 0. The molecule has 24 heavy (non-hydrogen) atoms. The minimum Gasteiger partial charge on any atom is -0.481 e. The molecule has 0 aromatic heterocycles. The minimum absolute atomic E-state index is 0.0848. The number of carbonyl (C=O) groups is 2. The van der Waals surface area contributed by atoms with Gasteiger partial charge in [-0.1, -0.05) is 48.9 Å². The molecule has 4 nitrogen and oxygen atoms in total. The van der Waals surface area contributed by atoms with Gasteiger partial charge in [-0.15, -0.1) is 0 Å². The van der Waals surface area contributed by atoms with Crippen molar-refractivity contribution >= 4 is 11.9 Å². The van der Waals surface area contributed by atoms with Crippen LogP contribution in [0.4, 0.5) is 4.39 Å². The van der Waals surface area contributed by atoms with E-state index in [4.69, 9.17) is 0 Å². The van der Waals surface area contributed by atoms with E-state index in [9.17, 15) is 19.1 Å². The third-order valence-electron chi connectivity index (χ3n) is 4.26. The number of carboxylic acids is 1. The molecule has 0 aliphatic carbocycles. The quantitative estimate of drug-likeness (QED) is 0.854. The first-order valence-electron chi connectivity index (χ1n) is 7.74. The molecule has 1 atom stereocenters. The van der Waals surface area contributed by atoms with E-state index >= 15 is 0 Å². The van der Waals surface area contributed by atoms with Crippen molar-refractivity contribution in [2.24, 2.45) is 0 Å². The molecule has 2 N–H and O–H groups in total. The molecule has 126 valence electrons. The van der Waals surface area contributed by atoms with Gasteiger partial charge in [0, 0.05) is 6.54 Å². The van der Waals surface area contributed by atoms with Crippen LogP contribution in [-0.2, 0) is 10.2 Å². The number of carboxylic acid groups (broad SMARTS) is 1. The van der Waals surface area contributed by atoms with Gasteiger partial charge in [0.05, 0.1) is 5.56 Å². The van der Waals surface area contributed by atoms with E-state index in [0.717, 1.165) is 5.56 Å². The maximum atomic E-state index is 13.8. The van der Waals surface area contributed by atoms with E-state index in [0.29, 0.717) is 12.0 Å². The summed E-state index contributed by atoms with van der Waals surface area (Å²) in [6, 6.07) is 13.0. The minimum atomic E-state index is -1.25. The summed E-state index contributed by atoms with van der Waals surface area (Å²) in [5.41, 5.74) is 0.0186. The second kappa shape index (κ2) is 7.25. The Morgan fingerprint density at radius 3 is 2.42 bits per heavy atom. The van der Waals surface area contributed by atoms with Crippen molar-refractivity contribution in [3.63, 3.8) is 0 Å². The lowest BCUT2D eigenvalue weighted by molar-refractivity contribution is -0.143. The molecule has 0 bridgehead atoms. The molecule has 0 fully saturated rings. The van der Waals surface area contributed by atoms with E-state index < -0.39 is 23.1 Å². The number of nitrogens with one attached hydrogen (secondary N) is 1. The van der Waals surface area contributed by atoms with Crippen LogP contribution in [0.3, 0.4) is 0 Å². The molecule has 0 radical (unpaired) electrons. The number of hydrogen-bond donors (Lipinski definition) is 2. The summed E-state index contributed by atoms with van der Waals surface area (Å²) in [4.78, 5) is 24.2. The van der Waals surface area contributed by atoms with Crippen molar-refractivity contribution in [1.29, 1.82) is 0 Å². The maximum absolute atomic E-state index is 13.8. The fraction of sp³-hybridized carbons (Fsp3) is 0.263. The van der Waals surface area contributed by atoms with Crippen molar-refractivity contribution in [1.82, 2.24) is 5.32 Å². The van der Waals surface area contributed by atoms with Gasteiger partial charge in [0.1, 0.15) is 11.2 Å². The van der Waals surface area contributed by atoms with Gasteiger partial charge in [-0.2, -0.15) is 0 Å². The predicted molar refractivity (Wildman–Crippen MR) is 89.5 cm³/mol. The number of halogens is 1. The second-order valence-electron chi connectivity index (χ2n) is 5.77. The van der Waals surface area contributed by atoms with Gasteiger partial charge in [0.15, 0.2) is 0 Å². The molecule has 2 aromatic carbocycles. The van der Waals surface area contributed by atoms with Crippen molar-refractivity contribution in [3.05, 3.63) is 71.0 Å². The van der Waals surface area contributed by atoms with Gasteiger partial charge in [-0.25, -0.2) is 4.39 Å². The fourth-order valence-corrected chi connectivity index (χ4v) is 2.68. The average Bonchev–Trinajstić information content (AvgIpc) is 2.58. The van der Waals surface area contributed by atoms with Crippen molar-refractivity contribution in [2.75, 3.05) is 6.54 Å². The molecule has 1 amide bonds. The number of amides is 1. The SMILES string of the molecule is CCC(CNC(=O)c1cc(C)ccc1F)(C(=O)O)c1ccccc1. The molecular weight excluding hydrogens is 309 g/mol. The lowest BCUT2D eigenvalue weighted by atomic mass is 9.78. The zero-order chi connectivity index (χ0) is 17.7. The Morgan fingerprint density at radius 1 is 1.17 bits per heavy atom. The van der Waals surface area contributed by atoms with Gasteiger partial charge in [0.25, 0.3) is 5.91 Å². The summed E-state index contributed by atoms with van der Waals surface area (Å²) in [6.45, 7) is 3.39. The maximum Gasteiger partial charge on any atom is 0.315 e. The largest absolute Gasteiger partial charge is 0.481 e. The highest BCUT2D eigenvalue weighted by atomic mass is 19.1. The van der Waals surface area contributed by atoms with Crippen LogP contribution in [0.5, 0.6) is 0 Å². The zero-order valence-corrected chi connectivity index (χ0v) is 13.7. The molecule has 1 unspecified atom stereocenters. The molecule has 0 saturated heterocycles. The Labute approximate surface area is 140 Å². The molecule has 2 aromatic rings. The molecule has 0 saturated carbocycles. The van der Waals surface area contributed by atoms with Gasteiger partial charge < -0.3 is 10.4 Å². The monoisotopic (exact) mass is 329 g/mol. The first kappa shape index (κ1) is 17.7. The Balaban J connectivity index is 2.27. The second-order valence-corrected chi connectivity index (χ2v) is 5.77. The molecule has 0 heterocycles. The number of aliphatic carboxylic acids is 1. The molecule has 0 aliphatic heterocycles. The third kappa shape index (κ3) is 3.45. The van der Waals surface area contributed by atoms with Gasteiger partial charge in [0.2, 0.25) is 0 Å². The predicted octanol–water partition coefficient (Wildman–Crippen LogP) is 3.30. The summed E-state index contributed by atoms with van der Waals surface area (Å²) in [5, 5.41) is 12.3. The highest BCUT2D eigenvalue weighted by molar-refractivity contribution is 5.95. The number of benzene rings is 2. The zero-order valence-electron chi connectivity index (χ0n) is 13.7. The van der Waals surface area contributed by atoms with Crippen LogP contribution in [-0.4, -0.2) is 23.5 Å². The third-order valence-corrected chi connectivity index (χ3v) is 4.26. The lowest BCUT2D eigenvalue weighted by Crippen LogP contribution is -2.46. The van der Waals surface area contributed by atoms with E-state index in [-0.39, 0.29) is 12.1 Å². The number of rotatable bonds is 6. The van der Waals surface area contributed by atoms with Crippen LogP contribution in [0.2, 0.25) is 0 Å². The van der Waals surface area contributed by atoms with Crippen LogP contribution in [0.25, 0.3) is 0 Å². The van der Waals surface area contributed by atoms with Crippen LogP contribution in [0.1, 0.15) is 34.8 Å². The summed E-state index contributed by atoms with van der Waals surface area (Å²) in [5.74, 6) is -2.28. The van der Waals surface area contributed by atoms with Gasteiger partial charge in [-0.05, 0) is 31.0 Å². The van der Waals surface area contributed by atoms with Crippen molar-refractivity contribution in [2.45, 2.75) is 25.7 Å². The Hall–Kier alpha value is -2.69. The van der Waals surface area contributed by atoms with Crippen LogP contribution in [0, 0.1) is 12.7 Å². The van der Waals surface area contributed by atoms with E-state index in [2.05, 4.69) is 5.32 Å². The van der Waals surface area contributed by atoms with Crippen molar-refractivity contribution in [3.8, 4) is 0 Å².